The van der Waals surface area contributed by atoms with Crippen LogP contribution in [0, 0.1) is 5.41 Å². The molecule has 19 heavy (non-hydrogen) atoms. The topological polar surface area (TPSA) is 78.7 Å². The first-order valence-electron chi connectivity index (χ1n) is 6.90. The second kappa shape index (κ2) is 6.86. The Morgan fingerprint density at radius 3 is 2.53 bits per heavy atom. The van der Waals surface area contributed by atoms with E-state index in [4.69, 9.17) is 5.73 Å². The highest BCUT2D eigenvalue weighted by atomic mass is 16.2. The first kappa shape index (κ1) is 15.9. The maximum absolute atomic E-state index is 11.5. The van der Waals surface area contributed by atoms with E-state index in [9.17, 15) is 9.59 Å². The zero-order valence-electron chi connectivity index (χ0n) is 12.2. The predicted octanol–water partition coefficient (Wildman–Crippen LogP) is 0.235. The lowest BCUT2D eigenvalue weighted by atomic mass is 9.93. The van der Waals surface area contributed by atoms with Gasteiger partial charge in [0.2, 0.25) is 5.91 Å². The molecule has 0 aromatic heterocycles. The smallest absolute Gasteiger partial charge is 0.324 e. The van der Waals surface area contributed by atoms with E-state index in [1.807, 2.05) is 0 Å². The molecule has 110 valence electrons. The summed E-state index contributed by atoms with van der Waals surface area (Å²) in [6, 6.07) is -0.278. The van der Waals surface area contributed by atoms with Gasteiger partial charge in [-0.1, -0.05) is 20.8 Å². The Kier molecular flexibility index (Phi) is 5.75. The monoisotopic (exact) mass is 270 g/mol. The maximum atomic E-state index is 11.5. The molecule has 0 aromatic carbocycles. The van der Waals surface area contributed by atoms with Crippen molar-refractivity contribution in [1.29, 1.82) is 0 Å². The Bertz CT molecular complexity index is 315. The number of nitrogens with zero attached hydrogens (tertiary/aromatic N) is 2. The maximum Gasteiger partial charge on any atom is 0.324 e. The van der Waals surface area contributed by atoms with Gasteiger partial charge in [0.05, 0.1) is 6.54 Å². The fraction of sp³-hybridized carbons (Fsp3) is 0.846. The molecule has 0 unspecified atom stereocenters. The molecule has 0 saturated carbocycles. The summed E-state index contributed by atoms with van der Waals surface area (Å²) in [7, 11) is 0. The van der Waals surface area contributed by atoms with E-state index in [1.165, 1.54) is 4.90 Å². The van der Waals surface area contributed by atoms with Gasteiger partial charge in [-0.15, -0.1) is 0 Å². The molecule has 6 heteroatoms. The SMILES string of the molecule is CCCN(CCN1C(=O)CNC1=O)CC(C)(C)CN. The molecule has 1 aliphatic rings. The van der Waals surface area contributed by atoms with Crippen molar-refractivity contribution < 1.29 is 9.59 Å². The Labute approximate surface area is 115 Å². The second-order valence-electron chi connectivity index (χ2n) is 5.85. The lowest BCUT2D eigenvalue weighted by Gasteiger charge is -2.32. The number of carbonyl (C=O) groups excluding carboxylic acids is 2. The predicted molar refractivity (Wildman–Crippen MR) is 74.7 cm³/mol. The summed E-state index contributed by atoms with van der Waals surface area (Å²) >= 11 is 0. The van der Waals surface area contributed by atoms with E-state index in [-0.39, 0.29) is 23.9 Å². The summed E-state index contributed by atoms with van der Waals surface area (Å²) in [5, 5.41) is 2.53. The lowest BCUT2D eigenvalue weighted by molar-refractivity contribution is -0.125. The number of nitrogens with one attached hydrogen (secondary N) is 1. The largest absolute Gasteiger partial charge is 0.330 e. The minimum atomic E-state index is -0.278. The van der Waals surface area contributed by atoms with Crippen molar-refractivity contribution in [1.82, 2.24) is 15.1 Å². The Balaban J connectivity index is 2.49. The van der Waals surface area contributed by atoms with Gasteiger partial charge < -0.3 is 16.0 Å². The summed E-state index contributed by atoms with van der Waals surface area (Å²) in [5.41, 5.74) is 5.81. The molecule has 6 nitrogen and oxygen atoms in total. The van der Waals surface area contributed by atoms with Crippen molar-refractivity contribution in [2.45, 2.75) is 27.2 Å². The molecular formula is C13H26N4O2. The third-order valence-corrected chi connectivity index (χ3v) is 3.32. The number of carbonyl (C=O) groups is 2. The van der Waals surface area contributed by atoms with Gasteiger partial charge in [0.25, 0.3) is 0 Å². The molecule has 0 spiro atoms. The number of nitrogens with two attached hydrogens (primary N) is 1. The second-order valence-corrected chi connectivity index (χ2v) is 5.85. The minimum absolute atomic E-state index is 0.0481. The van der Waals surface area contributed by atoms with Gasteiger partial charge in [0, 0.05) is 19.6 Å². The van der Waals surface area contributed by atoms with Gasteiger partial charge in [-0.2, -0.15) is 0 Å². The molecule has 3 amide bonds. The first-order valence-corrected chi connectivity index (χ1v) is 6.90. The van der Waals surface area contributed by atoms with Crippen molar-refractivity contribution in [3.05, 3.63) is 0 Å². The molecule has 0 bridgehead atoms. The molecule has 1 saturated heterocycles. The highest BCUT2D eigenvalue weighted by Crippen LogP contribution is 2.15. The molecule has 0 atom stereocenters. The number of rotatable bonds is 8. The van der Waals surface area contributed by atoms with Crippen LogP contribution in [0.5, 0.6) is 0 Å². The molecule has 0 aliphatic carbocycles. The standard InChI is InChI=1S/C13H26N4O2/c1-4-5-16(10-13(2,3)9-14)6-7-17-11(18)8-15-12(17)19/h4-10,14H2,1-3H3,(H,15,19). The molecule has 1 aliphatic heterocycles. The van der Waals surface area contributed by atoms with Gasteiger partial charge in [0.15, 0.2) is 0 Å². The fourth-order valence-electron chi connectivity index (χ4n) is 2.18. The minimum Gasteiger partial charge on any atom is -0.330 e. The third-order valence-electron chi connectivity index (χ3n) is 3.32. The zero-order valence-corrected chi connectivity index (χ0v) is 12.2. The molecule has 0 radical (unpaired) electrons. The van der Waals surface area contributed by atoms with Crippen LogP contribution in [-0.4, -0.2) is 61.0 Å². The molecule has 1 rings (SSSR count). The van der Waals surface area contributed by atoms with E-state index in [0.717, 1.165) is 19.5 Å². The van der Waals surface area contributed by atoms with Gasteiger partial charge in [0.1, 0.15) is 0 Å². The zero-order chi connectivity index (χ0) is 14.5. The summed E-state index contributed by atoms with van der Waals surface area (Å²) in [5.74, 6) is -0.139. The average Bonchev–Trinajstić information content (AvgIpc) is 2.66. The van der Waals surface area contributed by atoms with Crippen LogP contribution < -0.4 is 11.1 Å². The number of urea groups is 1. The fourth-order valence-corrected chi connectivity index (χ4v) is 2.18. The van der Waals surface area contributed by atoms with Gasteiger partial charge in [-0.3, -0.25) is 9.69 Å². The molecule has 1 fully saturated rings. The van der Waals surface area contributed by atoms with E-state index < -0.39 is 0 Å². The lowest BCUT2D eigenvalue weighted by Crippen LogP contribution is -2.44. The van der Waals surface area contributed by atoms with Crippen molar-refractivity contribution in [2.75, 3.05) is 39.3 Å². The van der Waals surface area contributed by atoms with Crippen LogP contribution in [0.1, 0.15) is 27.2 Å². The van der Waals surface area contributed by atoms with Crippen molar-refractivity contribution in [2.24, 2.45) is 11.1 Å². The van der Waals surface area contributed by atoms with E-state index >= 15 is 0 Å². The van der Waals surface area contributed by atoms with Crippen molar-refractivity contribution in [3.63, 3.8) is 0 Å². The van der Waals surface area contributed by atoms with Crippen LogP contribution in [0.3, 0.4) is 0 Å². The van der Waals surface area contributed by atoms with Crippen LogP contribution in [-0.2, 0) is 4.79 Å². The van der Waals surface area contributed by atoms with Crippen LogP contribution in [0.4, 0.5) is 4.79 Å². The van der Waals surface area contributed by atoms with E-state index in [0.29, 0.717) is 19.6 Å². The van der Waals surface area contributed by atoms with Gasteiger partial charge in [-0.05, 0) is 24.9 Å². The van der Waals surface area contributed by atoms with Gasteiger partial charge in [-0.25, -0.2) is 4.79 Å². The van der Waals surface area contributed by atoms with Crippen LogP contribution in [0.15, 0.2) is 0 Å². The van der Waals surface area contributed by atoms with Gasteiger partial charge >= 0.3 is 6.03 Å². The van der Waals surface area contributed by atoms with Crippen LogP contribution >= 0.6 is 0 Å². The normalized spacial score (nSPS) is 16.4. The average molecular weight is 270 g/mol. The first-order chi connectivity index (χ1) is 8.89. The molecule has 3 N–H and O–H groups in total. The Morgan fingerprint density at radius 1 is 1.37 bits per heavy atom. The Morgan fingerprint density at radius 2 is 2.05 bits per heavy atom. The van der Waals surface area contributed by atoms with E-state index in [2.05, 4.69) is 31.0 Å². The number of hydrogen-bond donors (Lipinski definition) is 2. The highest BCUT2D eigenvalue weighted by Gasteiger charge is 2.29. The summed E-state index contributed by atoms with van der Waals surface area (Å²) in [4.78, 5) is 26.5. The van der Waals surface area contributed by atoms with Crippen molar-refractivity contribution in [3.8, 4) is 0 Å². The third kappa shape index (κ3) is 4.80. The summed E-state index contributed by atoms with van der Waals surface area (Å²) in [6.45, 7) is 10.1. The molecule has 0 aromatic rings. The number of amides is 3. The van der Waals surface area contributed by atoms with E-state index in [1.54, 1.807) is 0 Å². The van der Waals surface area contributed by atoms with Crippen LogP contribution in [0.2, 0.25) is 0 Å². The Hall–Kier alpha value is -1.14. The van der Waals surface area contributed by atoms with Crippen LogP contribution in [0.25, 0.3) is 0 Å². The summed E-state index contributed by atoms with van der Waals surface area (Å²) < 4.78 is 0. The van der Waals surface area contributed by atoms with Crippen molar-refractivity contribution >= 4 is 11.9 Å². The molecule has 1 heterocycles. The number of hydrogen-bond acceptors (Lipinski definition) is 4. The molecular weight excluding hydrogens is 244 g/mol. The quantitative estimate of drug-likeness (QED) is 0.619. The summed E-state index contributed by atoms with van der Waals surface area (Å²) in [6.07, 6.45) is 1.04. The number of imide groups is 1. The highest BCUT2D eigenvalue weighted by molar-refractivity contribution is 6.01.